The van der Waals surface area contributed by atoms with Gasteiger partial charge in [0.2, 0.25) is 0 Å². The Bertz CT molecular complexity index is 445. The molecule has 0 atom stereocenters. The minimum Gasteiger partial charge on any atom is -0.329 e. The Morgan fingerprint density at radius 2 is 2.25 bits per heavy atom. The quantitative estimate of drug-likeness (QED) is 0.797. The third-order valence-electron chi connectivity index (χ3n) is 2.51. The van der Waals surface area contributed by atoms with Crippen molar-refractivity contribution in [3.8, 4) is 0 Å². The molecule has 0 saturated heterocycles. The minimum absolute atomic E-state index is 0.851. The predicted octanol–water partition coefficient (Wildman–Crippen LogP) is 2.90. The Morgan fingerprint density at radius 1 is 1.38 bits per heavy atom. The molecule has 0 aliphatic carbocycles. The van der Waals surface area contributed by atoms with Crippen LogP contribution in [0.4, 0.5) is 0 Å². The summed E-state index contributed by atoms with van der Waals surface area (Å²) in [5, 5.41) is 3.40. The van der Waals surface area contributed by atoms with E-state index in [9.17, 15) is 0 Å². The topological polar surface area (TPSA) is 30.7 Å². The van der Waals surface area contributed by atoms with Crippen molar-refractivity contribution < 1.29 is 0 Å². The number of aromatic nitrogens is 3. The van der Waals surface area contributed by atoms with Gasteiger partial charge in [0.25, 0.3) is 0 Å². The third-order valence-corrected chi connectivity index (χ3v) is 3.47. The SMILES string of the molecule is CCCc1nc(Cn2ccnc2CC)cs1. The van der Waals surface area contributed by atoms with E-state index in [1.807, 2.05) is 12.4 Å². The van der Waals surface area contributed by atoms with Gasteiger partial charge in [-0.2, -0.15) is 0 Å². The monoisotopic (exact) mass is 235 g/mol. The van der Waals surface area contributed by atoms with Crippen molar-refractivity contribution in [2.45, 2.75) is 39.7 Å². The predicted molar refractivity (Wildman–Crippen MR) is 66.8 cm³/mol. The highest BCUT2D eigenvalue weighted by Crippen LogP contribution is 2.13. The van der Waals surface area contributed by atoms with E-state index in [0.29, 0.717) is 0 Å². The van der Waals surface area contributed by atoms with Crippen molar-refractivity contribution in [1.29, 1.82) is 0 Å². The lowest BCUT2D eigenvalue weighted by atomic mass is 10.3. The Morgan fingerprint density at radius 3 is 3.00 bits per heavy atom. The van der Waals surface area contributed by atoms with Gasteiger partial charge in [-0.1, -0.05) is 13.8 Å². The molecule has 2 aromatic heterocycles. The van der Waals surface area contributed by atoms with E-state index < -0.39 is 0 Å². The van der Waals surface area contributed by atoms with Gasteiger partial charge in [-0.15, -0.1) is 11.3 Å². The lowest BCUT2D eigenvalue weighted by molar-refractivity contribution is 0.716. The van der Waals surface area contributed by atoms with Crippen LogP contribution in [0.2, 0.25) is 0 Å². The second-order valence-electron chi connectivity index (χ2n) is 3.81. The van der Waals surface area contributed by atoms with Crippen LogP contribution in [0.25, 0.3) is 0 Å². The average molecular weight is 235 g/mol. The van der Waals surface area contributed by atoms with E-state index in [2.05, 4.69) is 33.8 Å². The largest absolute Gasteiger partial charge is 0.329 e. The van der Waals surface area contributed by atoms with Crippen molar-refractivity contribution in [2.75, 3.05) is 0 Å². The van der Waals surface area contributed by atoms with Crippen molar-refractivity contribution in [1.82, 2.24) is 14.5 Å². The highest BCUT2D eigenvalue weighted by molar-refractivity contribution is 7.09. The Labute approximate surface area is 100 Å². The highest BCUT2D eigenvalue weighted by atomic mass is 32.1. The van der Waals surface area contributed by atoms with Gasteiger partial charge < -0.3 is 4.57 Å². The fourth-order valence-electron chi connectivity index (χ4n) is 1.72. The van der Waals surface area contributed by atoms with Crippen molar-refractivity contribution >= 4 is 11.3 Å². The summed E-state index contributed by atoms with van der Waals surface area (Å²) in [6, 6.07) is 0. The smallest absolute Gasteiger partial charge is 0.108 e. The Kier molecular flexibility index (Phi) is 3.72. The molecule has 2 rings (SSSR count). The maximum Gasteiger partial charge on any atom is 0.108 e. The zero-order valence-electron chi connectivity index (χ0n) is 9.81. The molecule has 0 fully saturated rings. The number of nitrogens with zero attached hydrogens (tertiary/aromatic N) is 3. The summed E-state index contributed by atoms with van der Waals surface area (Å²) >= 11 is 1.76. The van der Waals surface area contributed by atoms with Crippen LogP contribution in [-0.2, 0) is 19.4 Å². The van der Waals surface area contributed by atoms with E-state index in [4.69, 9.17) is 0 Å². The standard InChI is InChI=1S/C12H17N3S/c1-3-5-12-14-10(9-16-12)8-15-7-6-13-11(15)4-2/h6-7,9H,3-5,8H2,1-2H3. The summed E-state index contributed by atoms with van der Waals surface area (Å²) in [5.74, 6) is 1.13. The van der Waals surface area contributed by atoms with Crippen LogP contribution >= 0.6 is 11.3 Å². The number of thiazole rings is 1. The molecule has 0 unspecified atom stereocenters. The molecule has 0 aliphatic rings. The highest BCUT2D eigenvalue weighted by Gasteiger charge is 2.04. The first kappa shape index (κ1) is 11.3. The first-order chi connectivity index (χ1) is 7.83. The van der Waals surface area contributed by atoms with Crippen LogP contribution < -0.4 is 0 Å². The van der Waals surface area contributed by atoms with E-state index >= 15 is 0 Å². The molecule has 4 heteroatoms. The van der Waals surface area contributed by atoms with E-state index in [-0.39, 0.29) is 0 Å². The van der Waals surface area contributed by atoms with Crippen LogP contribution in [0.1, 0.15) is 36.8 Å². The van der Waals surface area contributed by atoms with Crippen LogP contribution in [0.3, 0.4) is 0 Å². The number of rotatable bonds is 5. The lowest BCUT2D eigenvalue weighted by Gasteiger charge is -2.03. The molecule has 0 radical (unpaired) electrons. The summed E-state index contributed by atoms with van der Waals surface area (Å²) in [6.07, 6.45) is 7.11. The first-order valence-electron chi connectivity index (χ1n) is 5.76. The Hall–Kier alpha value is -1.16. The maximum absolute atomic E-state index is 4.62. The zero-order chi connectivity index (χ0) is 11.4. The second-order valence-corrected chi connectivity index (χ2v) is 4.75. The number of aryl methyl sites for hydroxylation is 2. The number of hydrogen-bond acceptors (Lipinski definition) is 3. The minimum atomic E-state index is 0.851. The number of imidazole rings is 1. The van der Waals surface area contributed by atoms with Crippen molar-refractivity contribution in [3.63, 3.8) is 0 Å². The van der Waals surface area contributed by atoms with Gasteiger partial charge in [0, 0.05) is 24.2 Å². The summed E-state index contributed by atoms with van der Waals surface area (Å²) < 4.78 is 2.17. The average Bonchev–Trinajstić information content (AvgIpc) is 2.89. The molecular weight excluding hydrogens is 218 g/mol. The molecular formula is C12H17N3S. The molecule has 0 saturated carbocycles. The molecule has 0 aliphatic heterocycles. The van der Waals surface area contributed by atoms with Crippen LogP contribution in [-0.4, -0.2) is 14.5 Å². The van der Waals surface area contributed by atoms with Gasteiger partial charge in [-0.25, -0.2) is 9.97 Å². The molecule has 0 spiro atoms. The van der Waals surface area contributed by atoms with Gasteiger partial charge in [-0.05, 0) is 12.8 Å². The molecule has 0 amide bonds. The van der Waals surface area contributed by atoms with Crippen molar-refractivity contribution in [2.24, 2.45) is 0 Å². The maximum atomic E-state index is 4.62. The number of hydrogen-bond donors (Lipinski definition) is 0. The summed E-state index contributed by atoms with van der Waals surface area (Å²) in [5.41, 5.74) is 1.15. The summed E-state index contributed by atoms with van der Waals surface area (Å²) in [4.78, 5) is 8.93. The third kappa shape index (κ3) is 2.50. The molecule has 2 aromatic rings. The molecule has 2 heterocycles. The van der Waals surface area contributed by atoms with Gasteiger partial charge >= 0.3 is 0 Å². The second kappa shape index (κ2) is 5.25. The molecule has 86 valence electrons. The summed E-state index contributed by atoms with van der Waals surface area (Å²) in [6.45, 7) is 5.16. The fraction of sp³-hybridized carbons (Fsp3) is 0.500. The summed E-state index contributed by atoms with van der Waals surface area (Å²) in [7, 11) is 0. The fourth-order valence-corrected chi connectivity index (χ4v) is 2.61. The van der Waals surface area contributed by atoms with Crippen LogP contribution in [0.15, 0.2) is 17.8 Å². The normalized spacial score (nSPS) is 10.9. The van der Waals surface area contributed by atoms with E-state index in [1.165, 1.54) is 5.01 Å². The van der Waals surface area contributed by atoms with Gasteiger partial charge in [-0.3, -0.25) is 0 Å². The lowest BCUT2D eigenvalue weighted by Crippen LogP contribution is -2.03. The Balaban J connectivity index is 2.08. The molecule has 0 N–H and O–H groups in total. The van der Waals surface area contributed by atoms with Crippen LogP contribution in [0.5, 0.6) is 0 Å². The van der Waals surface area contributed by atoms with Crippen LogP contribution in [0, 0.1) is 0 Å². The zero-order valence-corrected chi connectivity index (χ0v) is 10.6. The van der Waals surface area contributed by atoms with Gasteiger partial charge in [0.05, 0.1) is 17.2 Å². The van der Waals surface area contributed by atoms with E-state index in [0.717, 1.165) is 37.3 Å². The van der Waals surface area contributed by atoms with Gasteiger partial charge in [0.15, 0.2) is 0 Å². The molecule has 16 heavy (non-hydrogen) atoms. The van der Waals surface area contributed by atoms with E-state index in [1.54, 1.807) is 11.3 Å². The molecule has 0 aromatic carbocycles. The van der Waals surface area contributed by atoms with Crippen molar-refractivity contribution in [3.05, 3.63) is 34.3 Å². The first-order valence-corrected chi connectivity index (χ1v) is 6.64. The van der Waals surface area contributed by atoms with Gasteiger partial charge in [0.1, 0.15) is 5.82 Å². The molecule has 0 bridgehead atoms. The molecule has 3 nitrogen and oxygen atoms in total.